The summed E-state index contributed by atoms with van der Waals surface area (Å²) < 4.78 is 15.9. The number of nitrogen functional groups attached to an aromatic ring is 1. The Morgan fingerprint density at radius 3 is 2.67 bits per heavy atom. The van der Waals surface area contributed by atoms with E-state index in [2.05, 4.69) is 25.9 Å². The largest absolute Gasteiger partial charge is 0.382 e. The lowest BCUT2D eigenvalue weighted by Crippen LogP contribution is -2.34. The molecule has 1 aliphatic rings. The van der Waals surface area contributed by atoms with Crippen molar-refractivity contribution in [3.05, 3.63) is 46.3 Å². The lowest BCUT2D eigenvalue weighted by molar-refractivity contribution is 0.173. The second kappa shape index (κ2) is 6.15. The van der Waals surface area contributed by atoms with Gasteiger partial charge in [-0.15, -0.1) is 0 Å². The third-order valence-corrected chi connectivity index (χ3v) is 4.71. The SMILES string of the molecule is Nc1ccn(C2CCN(Cc3ccc(F)cc3Br)CC2)n1. The van der Waals surface area contributed by atoms with Gasteiger partial charge in [0.1, 0.15) is 11.6 Å². The molecule has 1 saturated heterocycles. The molecular formula is C15H18BrFN4. The summed E-state index contributed by atoms with van der Waals surface area (Å²) in [6, 6.07) is 7.14. The molecule has 3 rings (SSSR count). The van der Waals surface area contributed by atoms with Gasteiger partial charge in [-0.25, -0.2) is 4.39 Å². The van der Waals surface area contributed by atoms with E-state index >= 15 is 0 Å². The molecule has 6 heteroatoms. The molecule has 112 valence electrons. The second-order valence-electron chi connectivity index (χ2n) is 5.46. The Hall–Kier alpha value is -1.40. The summed E-state index contributed by atoms with van der Waals surface area (Å²) >= 11 is 3.43. The number of halogens is 2. The highest BCUT2D eigenvalue weighted by Crippen LogP contribution is 2.25. The van der Waals surface area contributed by atoms with Gasteiger partial charge in [0.15, 0.2) is 0 Å². The molecule has 0 saturated carbocycles. The molecule has 1 aliphatic heterocycles. The number of hydrogen-bond acceptors (Lipinski definition) is 3. The summed E-state index contributed by atoms with van der Waals surface area (Å²) in [5.41, 5.74) is 6.79. The van der Waals surface area contributed by atoms with E-state index in [9.17, 15) is 4.39 Å². The third-order valence-electron chi connectivity index (χ3n) is 3.97. The molecule has 21 heavy (non-hydrogen) atoms. The van der Waals surface area contributed by atoms with Crippen LogP contribution in [0.5, 0.6) is 0 Å². The first-order valence-corrected chi connectivity index (χ1v) is 7.88. The normalized spacial score (nSPS) is 17.2. The van der Waals surface area contributed by atoms with E-state index in [1.54, 1.807) is 0 Å². The van der Waals surface area contributed by atoms with Crippen LogP contribution in [0.25, 0.3) is 0 Å². The van der Waals surface area contributed by atoms with Gasteiger partial charge in [-0.05, 0) is 36.6 Å². The number of likely N-dealkylation sites (tertiary alicyclic amines) is 1. The number of aromatic nitrogens is 2. The fraction of sp³-hybridized carbons (Fsp3) is 0.400. The number of hydrogen-bond donors (Lipinski definition) is 1. The average Bonchev–Trinajstić information content (AvgIpc) is 2.89. The number of piperidine rings is 1. The first kappa shape index (κ1) is 14.5. The minimum absolute atomic E-state index is 0.208. The van der Waals surface area contributed by atoms with Gasteiger partial charge in [0.2, 0.25) is 0 Å². The van der Waals surface area contributed by atoms with Gasteiger partial charge in [-0.3, -0.25) is 9.58 Å². The number of rotatable bonds is 3. The summed E-state index contributed by atoms with van der Waals surface area (Å²) in [7, 11) is 0. The highest BCUT2D eigenvalue weighted by Gasteiger charge is 2.21. The van der Waals surface area contributed by atoms with E-state index in [0.29, 0.717) is 11.9 Å². The lowest BCUT2D eigenvalue weighted by Gasteiger charge is -2.32. The van der Waals surface area contributed by atoms with Crippen LogP contribution in [0.2, 0.25) is 0 Å². The number of anilines is 1. The van der Waals surface area contributed by atoms with Gasteiger partial charge < -0.3 is 5.73 Å². The molecule has 0 bridgehead atoms. The van der Waals surface area contributed by atoms with E-state index in [-0.39, 0.29) is 5.82 Å². The topological polar surface area (TPSA) is 47.1 Å². The maximum absolute atomic E-state index is 13.1. The first-order valence-electron chi connectivity index (χ1n) is 7.09. The lowest BCUT2D eigenvalue weighted by atomic mass is 10.0. The van der Waals surface area contributed by atoms with E-state index in [1.165, 1.54) is 12.1 Å². The van der Waals surface area contributed by atoms with Crippen LogP contribution < -0.4 is 5.73 Å². The maximum atomic E-state index is 13.1. The molecule has 2 aromatic rings. The second-order valence-corrected chi connectivity index (χ2v) is 6.32. The Bertz CT molecular complexity index is 620. The molecule has 0 aliphatic carbocycles. The summed E-state index contributed by atoms with van der Waals surface area (Å²) in [5.74, 6) is 0.369. The summed E-state index contributed by atoms with van der Waals surface area (Å²) in [6.07, 6.45) is 4.06. The Morgan fingerprint density at radius 1 is 1.29 bits per heavy atom. The minimum Gasteiger partial charge on any atom is -0.382 e. The molecule has 0 amide bonds. The first-order chi connectivity index (χ1) is 10.1. The van der Waals surface area contributed by atoms with Crippen molar-refractivity contribution in [2.75, 3.05) is 18.8 Å². The van der Waals surface area contributed by atoms with Gasteiger partial charge in [-0.1, -0.05) is 22.0 Å². The van der Waals surface area contributed by atoms with Gasteiger partial charge in [-0.2, -0.15) is 5.10 Å². The molecule has 1 fully saturated rings. The fourth-order valence-corrected chi connectivity index (χ4v) is 3.27. The molecule has 0 spiro atoms. The molecule has 2 N–H and O–H groups in total. The zero-order chi connectivity index (χ0) is 14.8. The summed E-state index contributed by atoms with van der Waals surface area (Å²) in [5, 5.41) is 4.29. The summed E-state index contributed by atoms with van der Waals surface area (Å²) in [6.45, 7) is 2.86. The minimum atomic E-state index is -0.208. The molecule has 0 unspecified atom stereocenters. The quantitative estimate of drug-likeness (QED) is 0.922. The van der Waals surface area contributed by atoms with Crippen LogP contribution in [0.4, 0.5) is 10.2 Å². The molecular weight excluding hydrogens is 335 g/mol. The Morgan fingerprint density at radius 2 is 2.05 bits per heavy atom. The van der Waals surface area contributed by atoms with Crippen molar-refractivity contribution in [3.63, 3.8) is 0 Å². The summed E-state index contributed by atoms with van der Waals surface area (Å²) in [4.78, 5) is 2.39. The average molecular weight is 353 g/mol. The predicted molar refractivity (Wildman–Crippen MR) is 84.3 cm³/mol. The zero-order valence-electron chi connectivity index (χ0n) is 11.7. The van der Waals surface area contributed by atoms with E-state index in [0.717, 1.165) is 42.5 Å². The monoisotopic (exact) mass is 352 g/mol. The van der Waals surface area contributed by atoms with Crippen LogP contribution in [0, 0.1) is 5.82 Å². The Balaban J connectivity index is 1.58. The van der Waals surface area contributed by atoms with E-state index in [1.807, 2.05) is 23.0 Å². The van der Waals surface area contributed by atoms with Crippen LogP contribution in [0.15, 0.2) is 34.9 Å². The molecule has 1 aromatic carbocycles. The highest BCUT2D eigenvalue weighted by molar-refractivity contribution is 9.10. The maximum Gasteiger partial charge on any atom is 0.145 e. The number of benzene rings is 1. The third kappa shape index (κ3) is 3.44. The van der Waals surface area contributed by atoms with Crippen molar-refractivity contribution in [1.29, 1.82) is 0 Å². The molecule has 0 radical (unpaired) electrons. The van der Waals surface area contributed by atoms with Crippen LogP contribution in [-0.4, -0.2) is 27.8 Å². The number of nitrogens with two attached hydrogens (primary N) is 1. The van der Waals surface area contributed by atoms with E-state index < -0.39 is 0 Å². The van der Waals surface area contributed by atoms with Crippen LogP contribution >= 0.6 is 15.9 Å². The Labute approximate surface area is 131 Å². The van der Waals surface area contributed by atoms with Crippen molar-refractivity contribution >= 4 is 21.7 Å². The van der Waals surface area contributed by atoms with E-state index in [4.69, 9.17) is 5.73 Å². The van der Waals surface area contributed by atoms with Gasteiger partial charge in [0.25, 0.3) is 0 Å². The molecule has 1 aromatic heterocycles. The molecule has 4 nitrogen and oxygen atoms in total. The predicted octanol–water partition coefficient (Wildman–Crippen LogP) is 3.20. The van der Waals surface area contributed by atoms with Crippen molar-refractivity contribution in [2.24, 2.45) is 0 Å². The Kier molecular flexibility index (Phi) is 4.26. The standard InChI is InChI=1S/C15H18BrFN4/c16-14-9-12(17)2-1-11(14)10-20-6-3-13(4-7-20)21-8-5-15(18)19-21/h1-2,5,8-9,13H,3-4,6-7,10H2,(H2,18,19). The van der Waals surface area contributed by atoms with Gasteiger partial charge in [0, 0.05) is 30.3 Å². The fourth-order valence-electron chi connectivity index (χ4n) is 2.79. The van der Waals surface area contributed by atoms with Crippen molar-refractivity contribution in [1.82, 2.24) is 14.7 Å². The van der Waals surface area contributed by atoms with Crippen molar-refractivity contribution < 1.29 is 4.39 Å². The smallest absolute Gasteiger partial charge is 0.145 e. The zero-order valence-corrected chi connectivity index (χ0v) is 13.3. The van der Waals surface area contributed by atoms with Crippen LogP contribution in [0.1, 0.15) is 24.4 Å². The van der Waals surface area contributed by atoms with Crippen LogP contribution in [-0.2, 0) is 6.54 Å². The molecule has 0 atom stereocenters. The van der Waals surface area contributed by atoms with Gasteiger partial charge in [0.05, 0.1) is 6.04 Å². The van der Waals surface area contributed by atoms with Crippen molar-refractivity contribution in [3.8, 4) is 0 Å². The van der Waals surface area contributed by atoms with Gasteiger partial charge >= 0.3 is 0 Å². The molecule has 2 heterocycles. The number of nitrogens with zero attached hydrogens (tertiary/aromatic N) is 3. The van der Waals surface area contributed by atoms with Crippen LogP contribution in [0.3, 0.4) is 0 Å². The highest BCUT2D eigenvalue weighted by atomic mass is 79.9. The van der Waals surface area contributed by atoms with Crippen molar-refractivity contribution in [2.45, 2.75) is 25.4 Å².